The normalized spacial score (nSPS) is 14.6. The van der Waals surface area contributed by atoms with Crippen LogP contribution >= 0.6 is 0 Å². The second kappa shape index (κ2) is 9.52. The molecule has 0 aromatic heterocycles. The van der Waals surface area contributed by atoms with Crippen LogP contribution in [0.5, 0.6) is 11.5 Å². The summed E-state index contributed by atoms with van der Waals surface area (Å²) < 4.78 is 41.7. The summed E-state index contributed by atoms with van der Waals surface area (Å²) in [5, 5.41) is 0. The van der Waals surface area contributed by atoms with Crippen LogP contribution in [0.3, 0.4) is 0 Å². The minimum absolute atomic E-state index is 0.0402. The molecule has 174 valence electrons. The van der Waals surface area contributed by atoms with Gasteiger partial charge in [0, 0.05) is 5.56 Å². The lowest BCUT2D eigenvalue weighted by Crippen LogP contribution is -2.11. The van der Waals surface area contributed by atoms with Gasteiger partial charge in [0.2, 0.25) is 5.90 Å². The Balaban J connectivity index is 1.63. The number of nitrogens with zero attached hydrogens (tertiary/aromatic N) is 1. The van der Waals surface area contributed by atoms with Gasteiger partial charge in [-0.15, -0.1) is 0 Å². The Morgan fingerprint density at radius 2 is 1.71 bits per heavy atom. The Labute approximate surface area is 198 Å². The zero-order chi connectivity index (χ0) is 24.3. The minimum Gasteiger partial charge on any atom is -0.490 e. The van der Waals surface area contributed by atoms with Crippen LogP contribution in [-0.4, -0.2) is 26.9 Å². The molecule has 34 heavy (non-hydrogen) atoms. The highest BCUT2D eigenvalue weighted by Crippen LogP contribution is 2.32. The van der Waals surface area contributed by atoms with Gasteiger partial charge in [-0.1, -0.05) is 41.5 Å². The molecule has 1 aliphatic rings. The van der Waals surface area contributed by atoms with Crippen molar-refractivity contribution < 1.29 is 26.9 Å². The van der Waals surface area contributed by atoms with Crippen LogP contribution in [0, 0.1) is 13.8 Å². The molecule has 3 aromatic rings. The first kappa shape index (κ1) is 23.3. The molecule has 0 bridgehead atoms. The summed E-state index contributed by atoms with van der Waals surface area (Å²) in [4.78, 5) is 16.7. The van der Waals surface area contributed by atoms with E-state index in [0.29, 0.717) is 17.7 Å². The third-order valence-corrected chi connectivity index (χ3v) is 6.21. The third kappa shape index (κ3) is 5.18. The lowest BCUT2D eigenvalue weighted by Gasteiger charge is -2.12. The van der Waals surface area contributed by atoms with Crippen molar-refractivity contribution in [3.05, 3.63) is 94.7 Å². The van der Waals surface area contributed by atoms with E-state index in [2.05, 4.69) is 4.99 Å². The lowest BCUT2D eigenvalue weighted by atomic mass is 10.1. The molecule has 0 saturated heterocycles. The summed E-state index contributed by atoms with van der Waals surface area (Å²) in [5.74, 6) is -0.0739. The molecule has 0 fully saturated rings. The summed E-state index contributed by atoms with van der Waals surface area (Å²) >= 11 is 0. The number of carbonyl (C=O) groups is 1. The Bertz CT molecular complexity index is 1410. The second-order valence-electron chi connectivity index (χ2n) is 7.70. The maximum Gasteiger partial charge on any atom is 0.363 e. The van der Waals surface area contributed by atoms with Crippen LogP contribution in [0.4, 0.5) is 0 Å². The van der Waals surface area contributed by atoms with Crippen molar-refractivity contribution in [1.29, 1.82) is 0 Å². The molecule has 0 atom stereocenters. The van der Waals surface area contributed by atoms with Gasteiger partial charge >= 0.3 is 16.1 Å². The molecular weight excluding hydrogens is 454 g/mol. The fourth-order valence-electron chi connectivity index (χ4n) is 3.29. The van der Waals surface area contributed by atoms with Gasteiger partial charge in [0.15, 0.2) is 17.2 Å². The lowest BCUT2D eigenvalue weighted by molar-refractivity contribution is -0.129. The van der Waals surface area contributed by atoms with Crippen LogP contribution in [-0.2, 0) is 19.6 Å². The van der Waals surface area contributed by atoms with Crippen molar-refractivity contribution in [3.63, 3.8) is 0 Å². The number of cyclic esters (lactones) is 1. The number of hydrogen-bond acceptors (Lipinski definition) is 7. The maximum atomic E-state index is 12.7. The average Bonchev–Trinajstić information content (AvgIpc) is 3.16. The van der Waals surface area contributed by atoms with Crippen molar-refractivity contribution in [2.24, 2.45) is 4.99 Å². The Hall–Kier alpha value is -3.91. The van der Waals surface area contributed by atoms with Crippen LogP contribution in [0.15, 0.2) is 82.3 Å². The molecule has 0 radical (unpaired) electrons. The molecule has 0 spiro atoms. The van der Waals surface area contributed by atoms with Gasteiger partial charge < -0.3 is 13.7 Å². The van der Waals surface area contributed by atoms with Gasteiger partial charge in [-0.25, -0.2) is 9.79 Å². The number of ether oxygens (including phenoxy) is 2. The smallest absolute Gasteiger partial charge is 0.363 e. The molecule has 0 amide bonds. The first-order chi connectivity index (χ1) is 16.2. The summed E-state index contributed by atoms with van der Waals surface area (Å²) in [6, 6.07) is 18.5. The standard InChI is InChI=1S/C26H23NO6S/c1-4-31-24-16-19(10-13-23(24)33-34(29,30)21-11-8-17(2)9-12-21)15-22-26(28)32-25(27-22)20-7-5-6-18(3)14-20/h5-16H,4H2,1-3H3/b22-15+. The highest BCUT2D eigenvalue weighted by molar-refractivity contribution is 7.87. The number of esters is 1. The highest BCUT2D eigenvalue weighted by atomic mass is 32.2. The van der Waals surface area contributed by atoms with E-state index in [1.807, 2.05) is 38.1 Å². The largest absolute Gasteiger partial charge is 0.490 e. The third-order valence-electron chi connectivity index (χ3n) is 4.97. The number of carbonyl (C=O) groups excluding carboxylic acids is 1. The summed E-state index contributed by atoms with van der Waals surface area (Å²) in [7, 11) is -4.05. The molecular formula is C26H23NO6S. The highest BCUT2D eigenvalue weighted by Gasteiger charge is 2.25. The molecule has 1 heterocycles. The van der Waals surface area contributed by atoms with Gasteiger partial charge in [0.1, 0.15) is 4.90 Å². The Morgan fingerprint density at radius 1 is 0.941 bits per heavy atom. The van der Waals surface area contributed by atoms with Gasteiger partial charge in [0.25, 0.3) is 0 Å². The van der Waals surface area contributed by atoms with Gasteiger partial charge in [-0.05, 0) is 68.8 Å². The molecule has 1 aliphatic heterocycles. The van der Waals surface area contributed by atoms with Crippen molar-refractivity contribution in [3.8, 4) is 11.5 Å². The molecule has 0 N–H and O–H groups in total. The topological polar surface area (TPSA) is 91.3 Å². The molecule has 3 aromatic carbocycles. The summed E-state index contributed by atoms with van der Waals surface area (Å²) in [5.41, 5.74) is 3.36. The van der Waals surface area contributed by atoms with E-state index < -0.39 is 16.1 Å². The van der Waals surface area contributed by atoms with E-state index in [1.165, 1.54) is 18.2 Å². The molecule has 7 nitrogen and oxygen atoms in total. The zero-order valence-electron chi connectivity index (χ0n) is 18.9. The van der Waals surface area contributed by atoms with E-state index in [-0.39, 0.29) is 28.0 Å². The van der Waals surface area contributed by atoms with Crippen LogP contribution in [0.1, 0.15) is 29.2 Å². The Kier molecular flexibility index (Phi) is 6.51. The van der Waals surface area contributed by atoms with Crippen LogP contribution < -0.4 is 8.92 Å². The number of benzene rings is 3. The van der Waals surface area contributed by atoms with E-state index in [4.69, 9.17) is 13.7 Å². The number of aliphatic imine (C=N–C) groups is 1. The Morgan fingerprint density at radius 3 is 2.41 bits per heavy atom. The van der Waals surface area contributed by atoms with Crippen molar-refractivity contribution in [2.45, 2.75) is 25.7 Å². The van der Waals surface area contributed by atoms with Crippen molar-refractivity contribution >= 4 is 28.1 Å². The summed E-state index contributed by atoms with van der Waals surface area (Å²) in [6.07, 6.45) is 1.55. The maximum absolute atomic E-state index is 12.7. The molecule has 8 heteroatoms. The van der Waals surface area contributed by atoms with Gasteiger partial charge in [-0.2, -0.15) is 8.42 Å². The van der Waals surface area contributed by atoms with E-state index in [0.717, 1.165) is 11.1 Å². The molecule has 0 unspecified atom stereocenters. The van der Waals surface area contributed by atoms with Crippen molar-refractivity contribution in [1.82, 2.24) is 0 Å². The van der Waals surface area contributed by atoms with Crippen LogP contribution in [0.25, 0.3) is 6.08 Å². The first-order valence-electron chi connectivity index (χ1n) is 10.6. The van der Waals surface area contributed by atoms with E-state index in [1.54, 1.807) is 37.3 Å². The van der Waals surface area contributed by atoms with E-state index in [9.17, 15) is 13.2 Å². The number of aryl methyl sites for hydroxylation is 2. The second-order valence-corrected chi connectivity index (χ2v) is 9.24. The first-order valence-corrected chi connectivity index (χ1v) is 12.0. The monoisotopic (exact) mass is 477 g/mol. The summed E-state index contributed by atoms with van der Waals surface area (Å²) in [6.45, 7) is 5.87. The molecule has 0 saturated carbocycles. The fourth-order valence-corrected chi connectivity index (χ4v) is 4.23. The fraction of sp³-hybridized carbons (Fsp3) is 0.154. The van der Waals surface area contributed by atoms with Gasteiger partial charge in [-0.3, -0.25) is 0 Å². The number of hydrogen-bond donors (Lipinski definition) is 0. The predicted molar refractivity (Wildman–Crippen MR) is 128 cm³/mol. The van der Waals surface area contributed by atoms with E-state index >= 15 is 0 Å². The average molecular weight is 478 g/mol. The number of rotatable bonds is 7. The van der Waals surface area contributed by atoms with Crippen LogP contribution in [0.2, 0.25) is 0 Å². The predicted octanol–water partition coefficient (Wildman–Crippen LogP) is 4.81. The molecule has 0 aliphatic carbocycles. The van der Waals surface area contributed by atoms with Gasteiger partial charge in [0.05, 0.1) is 6.61 Å². The van der Waals surface area contributed by atoms with Crippen molar-refractivity contribution in [2.75, 3.05) is 6.61 Å². The SMILES string of the molecule is CCOc1cc(/C=C2/N=C(c3cccc(C)c3)OC2=O)ccc1OS(=O)(=O)c1ccc(C)cc1. The minimum atomic E-state index is -4.05. The molecule has 4 rings (SSSR count). The quantitative estimate of drug-likeness (QED) is 0.275. The zero-order valence-corrected chi connectivity index (χ0v) is 19.8.